The van der Waals surface area contributed by atoms with Gasteiger partial charge in [-0.3, -0.25) is 0 Å². The first-order valence-corrected chi connectivity index (χ1v) is 6.88. The Morgan fingerprint density at radius 1 is 1.40 bits per heavy atom. The molecule has 0 amide bonds. The van der Waals surface area contributed by atoms with Gasteiger partial charge in [-0.25, -0.2) is 0 Å². The summed E-state index contributed by atoms with van der Waals surface area (Å²) >= 11 is 0. The Hall–Kier alpha value is -2.01. The summed E-state index contributed by atoms with van der Waals surface area (Å²) in [5, 5.41) is 3.70. The molecule has 5 heteroatoms. The van der Waals surface area contributed by atoms with Crippen molar-refractivity contribution in [3.05, 3.63) is 30.3 Å². The highest BCUT2D eigenvalue weighted by molar-refractivity contribution is 5.61. The molecule has 1 aliphatic rings. The summed E-state index contributed by atoms with van der Waals surface area (Å²) in [7, 11) is 2.13. The second-order valence-electron chi connectivity index (χ2n) is 5.29. The molecule has 2 heterocycles. The van der Waals surface area contributed by atoms with Crippen molar-refractivity contribution in [1.29, 1.82) is 0 Å². The molecule has 2 aromatic rings. The number of likely N-dealkylation sites (N-methyl/N-ethyl adjacent to an activating group) is 1. The van der Waals surface area contributed by atoms with E-state index >= 15 is 0 Å². The van der Waals surface area contributed by atoms with E-state index in [0.717, 1.165) is 30.8 Å². The van der Waals surface area contributed by atoms with Crippen LogP contribution in [0.2, 0.25) is 0 Å². The van der Waals surface area contributed by atoms with E-state index in [1.165, 1.54) is 6.42 Å². The maximum atomic E-state index is 6.06. The van der Waals surface area contributed by atoms with Gasteiger partial charge in [0.05, 0.1) is 0 Å². The summed E-state index contributed by atoms with van der Waals surface area (Å²) in [6.45, 7) is 2.12. The first-order chi connectivity index (χ1) is 9.70. The highest BCUT2D eigenvalue weighted by Gasteiger charge is 2.18. The van der Waals surface area contributed by atoms with E-state index in [1.807, 2.05) is 24.3 Å². The molecular weight excluding hydrogens is 254 g/mol. The van der Waals surface area contributed by atoms with Crippen LogP contribution in [0, 0.1) is 0 Å². The molecular formula is C15H19N3O2. The number of hydrogen-bond acceptors (Lipinski definition) is 5. The number of piperidine rings is 1. The first-order valence-electron chi connectivity index (χ1n) is 6.88. The van der Waals surface area contributed by atoms with Crippen molar-refractivity contribution >= 4 is 5.82 Å². The second-order valence-corrected chi connectivity index (χ2v) is 5.29. The van der Waals surface area contributed by atoms with Gasteiger partial charge < -0.3 is 19.9 Å². The van der Waals surface area contributed by atoms with Crippen LogP contribution < -0.4 is 10.5 Å². The minimum absolute atomic E-state index is 0.254. The summed E-state index contributed by atoms with van der Waals surface area (Å²) in [4.78, 5) is 2.30. The Kier molecular flexibility index (Phi) is 3.60. The minimum Gasteiger partial charge on any atom is -0.489 e. The van der Waals surface area contributed by atoms with Gasteiger partial charge in [-0.15, -0.1) is 0 Å². The predicted octanol–water partition coefficient (Wildman–Crippen LogP) is 2.40. The summed E-state index contributed by atoms with van der Waals surface area (Å²) in [5.74, 6) is 1.91. The monoisotopic (exact) mass is 273 g/mol. The number of likely N-dealkylation sites (tertiary alicyclic amines) is 1. The Morgan fingerprint density at radius 3 is 3.05 bits per heavy atom. The standard InChI is InChI=1S/C15H19N3O2/c1-18-7-3-6-13(10-18)19-12-5-2-4-11(8-12)14-9-15(16)17-20-14/h2,4-5,8-9,13H,3,6-7,10H2,1H3,(H2,16,17). The minimum atomic E-state index is 0.254. The van der Waals surface area contributed by atoms with Crippen LogP contribution in [0.1, 0.15) is 12.8 Å². The summed E-state index contributed by atoms with van der Waals surface area (Å²) in [6.07, 6.45) is 2.53. The van der Waals surface area contributed by atoms with Crippen LogP contribution in [-0.2, 0) is 0 Å². The third-order valence-electron chi connectivity index (χ3n) is 3.53. The third-order valence-corrected chi connectivity index (χ3v) is 3.53. The van der Waals surface area contributed by atoms with Crippen LogP contribution >= 0.6 is 0 Å². The van der Waals surface area contributed by atoms with Gasteiger partial charge in [-0.1, -0.05) is 17.3 Å². The van der Waals surface area contributed by atoms with Crippen molar-refractivity contribution in [3.63, 3.8) is 0 Å². The van der Waals surface area contributed by atoms with E-state index in [1.54, 1.807) is 6.07 Å². The largest absolute Gasteiger partial charge is 0.489 e. The lowest BCUT2D eigenvalue weighted by Gasteiger charge is -2.30. The Labute approximate surface area is 118 Å². The van der Waals surface area contributed by atoms with Gasteiger partial charge in [-0.2, -0.15) is 0 Å². The van der Waals surface area contributed by atoms with Crippen molar-refractivity contribution in [3.8, 4) is 17.1 Å². The van der Waals surface area contributed by atoms with Crippen molar-refractivity contribution in [2.75, 3.05) is 25.9 Å². The van der Waals surface area contributed by atoms with Crippen LogP contribution in [0.5, 0.6) is 5.75 Å². The topological polar surface area (TPSA) is 64.5 Å². The molecule has 1 fully saturated rings. The van der Waals surface area contributed by atoms with E-state index in [2.05, 4.69) is 17.1 Å². The fraction of sp³-hybridized carbons (Fsp3) is 0.400. The molecule has 1 aromatic heterocycles. The quantitative estimate of drug-likeness (QED) is 0.930. The fourth-order valence-electron chi connectivity index (χ4n) is 2.56. The van der Waals surface area contributed by atoms with E-state index in [-0.39, 0.29) is 6.10 Å². The van der Waals surface area contributed by atoms with Crippen molar-refractivity contribution < 1.29 is 9.26 Å². The number of ether oxygens (including phenoxy) is 1. The van der Waals surface area contributed by atoms with Gasteiger partial charge in [-0.05, 0) is 38.6 Å². The Morgan fingerprint density at radius 2 is 2.30 bits per heavy atom. The van der Waals surface area contributed by atoms with Gasteiger partial charge in [0, 0.05) is 18.2 Å². The number of nitrogen functional groups attached to an aromatic ring is 1. The van der Waals surface area contributed by atoms with Gasteiger partial charge >= 0.3 is 0 Å². The lowest BCUT2D eigenvalue weighted by atomic mass is 10.1. The number of hydrogen-bond donors (Lipinski definition) is 1. The predicted molar refractivity (Wildman–Crippen MR) is 77.5 cm³/mol. The zero-order chi connectivity index (χ0) is 13.9. The van der Waals surface area contributed by atoms with E-state index in [4.69, 9.17) is 15.0 Å². The average molecular weight is 273 g/mol. The van der Waals surface area contributed by atoms with Crippen LogP contribution in [-0.4, -0.2) is 36.3 Å². The van der Waals surface area contributed by atoms with Crippen LogP contribution in [0.25, 0.3) is 11.3 Å². The Balaban J connectivity index is 1.74. The zero-order valence-corrected chi connectivity index (χ0v) is 11.6. The lowest BCUT2D eigenvalue weighted by Crippen LogP contribution is -2.38. The molecule has 0 radical (unpaired) electrons. The molecule has 1 unspecified atom stereocenters. The van der Waals surface area contributed by atoms with E-state index < -0.39 is 0 Å². The van der Waals surface area contributed by atoms with Gasteiger partial charge in [0.2, 0.25) is 0 Å². The maximum Gasteiger partial charge on any atom is 0.169 e. The molecule has 0 spiro atoms. The van der Waals surface area contributed by atoms with Crippen LogP contribution in [0.4, 0.5) is 5.82 Å². The Bertz CT molecular complexity index is 582. The normalized spacial score (nSPS) is 19.9. The molecule has 1 aliphatic heterocycles. The van der Waals surface area contributed by atoms with E-state index in [0.29, 0.717) is 11.6 Å². The average Bonchev–Trinajstić information content (AvgIpc) is 2.86. The molecule has 0 saturated carbocycles. The smallest absolute Gasteiger partial charge is 0.169 e. The molecule has 2 N–H and O–H groups in total. The number of aromatic nitrogens is 1. The highest BCUT2D eigenvalue weighted by Crippen LogP contribution is 2.26. The fourth-order valence-corrected chi connectivity index (χ4v) is 2.56. The van der Waals surface area contributed by atoms with Gasteiger partial charge in [0.1, 0.15) is 11.9 Å². The number of nitrogens with zero attached hydrogens (tertiary/aromatic N) is 2. The second kappa shape index (κ2) is 5.54. The molecule has 1 atom stereocenters. The third kappa shape index (κ3) is 2.93. The van der Waals surface area contributed by atoms with Crippen molar-refractivity contribution in [1.82, 2.24) is 10.1 Å². The molecule has 1 saturated heterocycles. The number of nitrogens with two attached hydrogens (primary N) is 1. The number of benzene rings is 1. The summed E-state index contributed by atoms with van der Waals surface area (Å²) < 4.78 is 11.2. The van der Waals surface area contributed by atoms with Crippen LogP contribution in [0.3, 0.4) is 0 Å². The van der Waals surface area contributed by atoms with Crippen LogP contribution in [0.15, 0.2) is 34.9 Å². The van der Waals surface area contributed by atoms with E-state index in [9.17, 15) is 0 Å². The summed E-state index contributed by atoms with van der Waals surface area (Å²) in [6, 6.07) is 9.57. The molecule has 0 aliphatic carbocycles. The SMILES string of the molecule is CN1CCCC(Oc2cccc(-c3cc(N)no3)c2)C1. The van der Waals surface area contributed by atoms with Gasteiger partial charge in [0.25, 0.3) is 0 Å². The molecule has 5 nitrogen and oxygen atoms in total. The van der Waals surface area contributed by atoms with Gasteiger partial charge in [0.15, 0.2) is 11.6 Å². The first kappa shape index (κ1) is 13.0. The molecule has 1 aromatic carbocycles. The maximum absolute atomic E-state index is 6.06. The van der Waals surface area contributed by atoms with Crippen molar-refractivity contribution in [2.24, 2.45) is 0 Å². The summed E-state index contributed by atoms with van der Waals surface area (Å²) in [5.41, 5.74) is 6.50. The van der Waals surface area contributed by atoms with Crippen molar-refractivity contribution in [2.45, 2.75) is 18.9 Å². The molecule has 106 valence electrons. The lowest BCUT2D eigenvalue weighted by molar-refractivity contribution is 0.104. The molecule has 20 heavy (non-hydrogen) atoms. The zero-order valence-electron chi connectivity index (χ0n) is 11.6. The number of anilines is 1. The molecule has 0 bridgehead atoms. The molecule has 3 rings (SSSR count). The highest BCUT2D eigenvalue weighted by atomic mass is 16.5. The number of rotatable bonds is 3.